The van der Waals surface area contributed by atoms with Gasteiger partial charge < -0.3 is 5.32 Å². The van der Waals surface area contributed by atoms with Gasteiger partial charge in [0.25, 0.3) is 0 Å². The molecule has 1 aromatic heterocycles. The highest BCUT2D eigenvalue weighted by molar-refractivity contribution is 7.15. The highest BCUT2D eigenvalue weighted by Crippen LogP contribution is 2.33. The van der Waals surface area contributed by atoms with Crippen LogP contribution in [0.25, 0.3) is 0 Å². The van der Waals surface area contributed by atoms with Crippen LogP contribution in [-0.4, -0.2) is 10.9 Å². The zero-order chi connectivity index (χ0) is 9.54. The molecule has 0 unspecified atom stereocenters. The topological polar surface area (TPSA) is 42.0 Å². The van der Waals surface area contributed by atoms with E-state index < -0.39 is 0 Å². The smallest absolute Gasteiger partial charge is 0.229 e. The van der Waals surface area contributed by atoms with Crippen molar-refractivity contribution in [1.82, 2.24) is 4.98 Å². The van der Waals surface area contributed by atoms with Gasteiger partial charge in [0.1, 0.15) is 0 Å². The third-order valence-electron chi connectivity index (χ3n) is 2.77. The number of nitrogens with zero attached hydrogens (tertiary/aromatic N) is 1. The van der Waals surface area contributed by atoms with Crippen molar-refractivity contribution in [2.75, 3.05) is 5.32 Å². The van der Waals surface area contributed by atoms with Crippen molar-refractivity contribution in [2.24, 2.45) is 5.92 Å². The van der Waals surface area contributed by atoms with Gasteiger partial charge in [-0.1, -0.05) is 0 Å². The number of nitrogens with one attached hydrogen (secondary N) is 1. The number of anilines is 1. The Morgan fingerprint density at radius 1 is 1.43 bits per heavy atom. The first-order chi connectivity index (χ1) is 6.83. The molecule has 74 valence electrons. The van der Waals surface area contributed by atoms with Gasteiger partial charge in [-0.25, -0.2) is 4.98 Å². The molecule has 1 fully saturated rings. The summed E-state index contributed by atoms with van der Waals surface area (Å²) in [7, 11) is 0. The standard InChI is InChI=1S/C10H12N2OS/c13-9(6-4-5-6)12-10-11-7-2-1-3-8(7)14-10/h6H,1-5H2,(H,11,12,13). The van der Waals surface area contributed by atoms with Gasteiger partial charge >= 0.3 is 0 Å². The Morgan fingerprint density at radius 2 is 2.29 bits per heavy atom. The van der Waals surface area contributed by atoms with E-state index >= 15 is 0 Å². The van der Waals surface area contributed by atoms with Gasteiger partial charge in [-0.3, -0.25) is 4.79 Å². The molecule has 4 heteroatoms. The molecule has 2 aliphatic carbocycles. The summed E-state index contributed by atoms with van der Waals surface area (Å²) in [6.07, 6.45) is 5.57. The molecule has 1 heterocycles. The number of hydrogen-bond donors (Lipinski definition) is 1. The summed E-state index contributed by atoms with van der Waals surface area (Å²) < 4.78 is 0. The van der Waals surface area contributed by atoms with Crippen molar-refractivity contribution in [3.63, 3.8) is 0 Å². The molecule has 1 saturated carbocycles. The zero-order valence-corrected chi connectivity index (χ0v) is 8.69. The van der Waals surface area contributed by atoms with Crippen LogP contribution in [0.15, 0.2) is 0 Å². The van der Waals surface area contributed by atoms with Crippen LogP contribution in [0.3, 0.4) is 0 Å². The van der Waals surface area contributed by atoms with Crippen molar-refractivity contribution in [3.05, 3.63) is 10.6 Å². The van der Waals surface area contributed by atoms with Crippen LogP contribution in [-0.2, 0) is 17.6 Å². The average Bonchev–Trinajstić information content (AvgIpc) is 2.80. The molecule has 0 atom stereocenters. The number of carbonyl (C=O) groups is 1. The van der Waals surface area contributed by atoms with Crippen molar-refractivity contribution >= 4 is 22.4 Å². The predicted molar refractivity (Wildman–Crippen MR) is 55.5 cm³/mol. The first-order valence-corrected chi connectivity index (χ1v) is 5.94. The number of thiazole rings is 1. The first kappa shape index (κ1) is 8.41. The monoisotopic (exact) mass is 208 g/mol. The maximum absolute atomic E-state index is 11.5. The first-order valence-electron chi connectivity index (χ1n) is 5.12. The van der Waals surface area contributed by atoms with E-state index in [9.17, 15) is 4.79 Å². The Labute approximate surface area is 86.5 Å². The lowest BCUT2D eigenvalue weighted by atomic mass is 10.4. The second-order valence-electron chi connectivity index (χ2n) is 4.01. The van der Waals surface area contributed by atoms with E-state index in [1.165, 1.54) is 17.0 Å². The van der Waals surface area contributed by atoms with Crippen LogP contribution in [0.2, 0.25) is 0 Å². The number of aromatic nitrogens is 1. The van der Waals surface area contributed by atoms with Gasteiger partial charge in [-0.05, 0) is 32.1 Å². The van der Waals surface area contributed by atoms with Gasteiger partial charge in [0.05, 0.1) is 5.69 Å². The largest absolute Gasteiger partial charge is 0.302 e. The molecule has 0 saturated heterocycles. The van der Waals surface area contributed by atoms with Crippen LogP contribution in [0.1, 0.15) is 29.8 Å². The van der Waals surface area contributed by atoms with E-state index in [2.05, 4.69) is 10.3 Å². The molecule has 1 aromatic rings. The van der Waals surface area contributed by atoms with Gasteiger partial charge in [0, 0.05) is 10.8 Å². The molecule has 2 aliphatic rings. The molecule has 0 aromatic carbocycles. The molecule has 0 aliphatic heterocycles. The van der Waals surface area contributed by atoms with Gasteiger partial charge in [-0.2, -0.15) is 0 Å². The third kappa shape index (κ3) is 1.43. The van der Waals surface area contributed by atoms with Crippen LogP contribution >= 0.6 is 11.3 Å². The molecule has 0 spiro atoms. The fourth-order valence-electron chi connectivity index (χ4n) is 1.80. The molecule has 14 heavy (non-hydrogen) atoms. The highest BCUT2D eigenvalue weighted by atomic mass is 32.1. The second-order valence-corrected chi connectivity index (χ2v) is 5.09. The van der Waals surface area contributed by atoms with E-state index in [-0.39, 0.29) is 11.8 Å². The number of amides is 1. The van der Waals surface area contributed by atoms with Crippen LogP contribution in [0.5, 0.6) is 0 Å². The highest BCUT2D eigenvalue weighted by Gasteiger charge is 2.30. The lowest BCUT2D eigenvalue weighted by Crippen LogP contribution is -2.13. The molecule has 3 nitrogen and oxygen atoms in total. The Bertz CT molecular complexity index is 360. The molecule has 1 N–H and O–H groups in total. The molecule has 0 radical (unpaired) electrons. The van der Waals surface area contributed by atoms with Crippen LogP contribution in [0.4, 0.5) is 5.13 Å². The number of hydrogen-bond acceptors (Lipinski definition) is 3. The molecular formula is C10H12N2OS. The van der Waals surface area contributed by atoms with Crippen LogP contribution < -0.4 is 5.32 Å². The minimum Gasteiger partial charge on any atom is -0.302 e. The minimum absolute atomic E-state index is 0.164. The van der Waals surface area contributed by atoms with E-state index in [4.69, 9.17) is 0 Å². The van der Waals surface area contributed by atoms with Crippen LogP contribution in [0, 0.1) is 5.92 Å². The number of fused-ring (bicyclic) bond motifs is 1. The third-order valence-corrected chi connectivity index (χ3v) is 3.85. The normalized spacial score (nSPS) is 19.4. The van der Waals surface area contributed by atoms with Crippen molar-refractivity contribution < 1.29 is 4.79 Å². The Hall–Kier alpha value is -0.900. The Kier molecular flexibility index (Phi) is 1.83. The second kappa shape index (κ2) is 3.05. The summed E-state index contributed by atoms with van der Waals surface area (Å²) >= 11 is 1.65. The summed E-state index contributed by atoms with van der Waals surface area (Å²) in [5.41, 5.74) is 1.21. The maximum Gasteiger partial charge on any atom is 0.229 e. The summed E-state index contributed by atoms with van der Waals surface area (Å²) in [6.45, 7) is 0. The lowest BCUT2D eigenvalue weighted by Gasteiger charge is -1.97. The van der Waals surface area contributed by atoms with E-state index in [1.54, 1.807) is 11.3 Å². The van der Waals surface area contributed by atoms with Crippen molar-refractivity contribution in [1.29, 1.82) is 0 Å². The average molecular weight is 208 g/mol. The quantitative estimate of drug-likeness (QED) is 0.807. The summed E-state index contributed by atoms with van der Waals surface area (Å²) in [5, 5.41) is 3.71. The number of carbonyl (C=O) groups excluding carboxylic acids is 1. The zero-order valence-electron chi connectivity index (χ0n) is 7.88. The lowest BCUT2D eigenvalue weighted by molar-refractivity contribution is -0.117. The summed E-state index contributed by atoms with van der Waals surface area (Å²) in [6, 6.07) is 0. The minimum atomic E-state index is 0.164. The number of rotatable bonds is 2. The summed E-state index contributed by atoms with van der Waals surface area (Å²) in [5.74, 6) is 0.436. The van der Waals surface area contributed by atoms with Gasteiger partial charge in [-0.15, -0.1) is 11.3 Å². The fraction of sp³-hybridized carbons (Fsp3) is 0.600. The van der Waals surface area contributed by atoms with E-state index in [0.29, 0.717) is 0 Å². The van der Waals surface area contributed by atoms with E-state index in [0.717, 1.165) is 30.8 Å². The molecule has 0 bridgehead atoms. The van der Waals surface area contributed by atoms with Crippen molar-refractivity contribution in [3.8, 4) is 0 Å². The molecule has 3 rings (SSSR count). The Morgan fingerprint density at radius 3 is 3.00 bits per heavy atom. The molecule has 1 amide bonds. The van der Waals surface area contributed by atoms with Gasteiger partial charge in [0.15, 0.2) is 5.13 Å². The molecular weight excluding hydrogens is 196 g/mol. The van der Waals surface area contributed by atoms with E-state index in [1.807, 2.05) is 0 Å². The fourth-order valence-corrected chi connectivity index (χ4v) is 2.85. The maximum atomic E-state index is 11.5. The predicted octanol–water partition coefficient (Wildman–Crippen LogP) is 1.98. The van der Waals surface area contributed by atoms with Crippen molar-refractivity contribution in [2.45, 2.75) is 32.1 Å². The Balaban J connectivity index is 1.74. The summed E-state index contributed by atoms with van der Waals surface area (Å²) in [4.78, 5) is 17.3. The van der Waals surface area contributed by atoms with Gasteiger partial charge in [0.2, 0.25) is 5.91 Å². The SMILES string of the molecule is O=C(Nc1nc2c(s1)CCC2)C1CC1. The number of aryl methyl sites for hydroxylation is 2.